The van der Waals surface area contributed by atoms with Crippen LogP contribution in [0.4, 0.5) is 13.2 Å². The van der Waals surface area contributed by atoms with Crippen LogP contribution in [0.1, 0.15) is 29.7 Å². The van der Waals surface area contributed by atoms with E-state index < -0.39 is 17.8 Å². The summed E-state index contributed by atoms with van der Waals surface area (Å²) in [7, 11) is 1.83. The molecule has 6 heteroatoms. The maximum atomic E-state index is 13.0. The average Bonchev–Trinajstić information content (AvgIpc) is 2.54. The van der Waals surface area contributed by atoms with Crippen molar-refractivity contribution in [2.75, 3.05) is 13.6 Å². The highest BCUT2D eigenvalue weighted by Gasteiger charge is 2.33. The van der Waals surface area contributed by atoms with Gasteiger partial charge in [0.05, 0.1) is 11.7 Å². The van der Waals surface area contributed by atoms with Gasteiger partial charge in [-0.25, -0.2) is 0 Å². The lowest BCUT2D eigenvalue weighted by molar-refractivity contribution is -0.138. The molecule has 3 nitrogen and oxygen atoms in total. The molecule has 0 amide bonds. The van der Waals surface area contributed by atoms with Crippen molar-refractivity contribution in [1.29, 1.82) is 0 Å². The van der Waals surface area contributed by atoms with E-state index in [0.29, 0.717) is 0 Å². The van der Waals surface area contributed by atoms with E-state index >= 15 is 0 Å². The molecule has 2 rings (SSSR count). The Hall–Kier alpha value is -1.92. The number of nitrogens with zero attached hydrogens (tertiary/aromatic N) is 2. The van der Waals surface area contributed by atoms with E-state index in [1.54, 1.807) is 18.5 Å². The molecule has 1 aromatic carbocycles. The van der Waals surface area contributed by atoms with Crippen LogP contribution in [0.3, 0.4) is 0 Å². The predicted octanol–water partition coefficient (Wildman–Crippen LogP) is 3.70. The van der Waals surface area contributed by atoms with Crippen LogP contribution in [0.25, 0.3) is 0 Å². The van der Waals surface area contributed by atoms with Gasteiger partial charge in [0.2, 0.25) is 0 Å². The zero-order valence-corrected chi connectivity index (χ0v) is 13.7. The summed E-state index contributed by atoms with van der Waals surface area (Å²) in [6, 6.07) is 9.14. The number of aliphatic hydroxyl groups excluding tert-OH is 1. The summed E-state index contributed by atoms with van der Waals surface area (Å²) in [6.07, 6.45) is -1.92. The monoisotopic (exact) mass is 338 g/mol. The molecule has 0 spiro atoms. The van der Waals surface area contributed by atoms with E-state index in [2.05, 4.69) is 4.98 Å². The fourth-order valence-electron chi connectivity index (χ4n) is 2.66. The lowest BCUT2D eigenvalue weighted by atomic mass is 10.0. The van der Waals surface area contributed by atoms with Gasteiger partial charge in [-0.3, -0.25) is 9.88 Å². The van der Waals surface area contributed by atoms with Gasteiger partial charge in [0.25, 0.3) is 0 Å². The summed E-state index contributed by atoms with van der Waals surface area (Å²) in [4.78, 5) is 5.96. The zero-order valence-electron chi connectivity index (χ0n) is 13.7. The third-order valence-electron chi connectivity index (χ3n) is 4.11. The molecule has 24 heavy (non-hydrogen) atoms. The second-order valence-electron chi connectivity index (χ2n) is 5.91. The molecule has 1 heterocycles. The molecular weight excluding hydrogens is 317 g/mol. The minimum Gasteiger partial charge on any atom is -0.391 e. The standard InChI is InChI=1S/C18H21F3N2O/c1-13(15-7-5-9-22-11-15)23(2)12-16(24)10-14-6-3-4-8-17(14)18(19,20)21/h3-9,11,13,16,24H,10,12H2,1-2H3. The van der Waals surface area contributed by atoms with Crippen molar-refractivity contribution in [1.82, 2.24) is 9.88 Å². The van der Waals surface area contributed by atoms with Crippen molar-refractivity contribution < 1.29 is 18.3 Å². The maximum Gasteiger partial charge on any atom is 0.416 e. The Bertz CT molecular complexity index is 646. The predicted molar refractivity (Wildman–Crippen MR) is 86.4 cm³/mol. The molecule has 2 unspecified atom stereocenters. The molecule has 0 aliphatic carbocycles. The van der Waals surface area contributed by atoms with Crippen LogP contribution in [0.5, 0.6) is 0 Å². The number of likely N-dealkylation sites (N-methyl/N-ethyl adjacent to an activating group) is 1. The van der Waals surface area contributed by atoms with E-state index in [9.17, 15) is 18.3 Å². The Morgan fingerprint density at radius 2 is 1.88 bits per heavy atom. The minimum atomic E-state index is -4.41. The van der Waals surface area contributed by atoms with E-state index in [1.165, 1.54) is 12.1 Å². The molecule has 0 fully saturated rings. The molecule has 0 radical (unpaired) electrons. The first-order chi connectivity index (χ1) is 11.3. The molecule has 2 atom stereocenters. The first-order valence-corrected chi connectivity index (χ1v) is 7.72. The Labute approximate surface area is 139 Å². The molecule has 2 aromatic rings. The van der Waals surface area contributed by atoms with Gasteiger partial charge in [-0.05, 0) is 37.2 Å². The Kier molecular flexibility index (Phi) is 5.96. The number of hydrogen-bond donors (Lipinski definition) is 1. The summed E-state index contributed by atoms with van der Waals surface area (Å²) in [6.45, 7) is 2.23. The second kappa shape index (κ2) is 7.77. The molecule has 1 N–H and O–H groups in total. The lowest BCUT2D eigenvalue weighted by Crippen LogP contribution is -2.33. The number of benzene rings is 1. The van der Waals surface area contributed by atoms with Gasteiger partial charge in [0, 0.05) is 31.4 Å². The molecule has 0 saturated heterocycles. The molecule has 130 valence electrons. The number of pyridine rings is 1. The van der Waals surface area contributed by atoms with E-state index in [4.69, 9.17) is 0 Å². The van der Waals surface area contributed by atoms with Crippen LogP contribution in [-0.2, 0) is 12.6 Å². The number of alkyl halides is 3. The van der Waals surface area contributed by atoms with Gasteiger partial charge >= 0.3 is 6.18 Å². The van der Waals surface area contributed by atoms with Crippen molar-refractivity contribution >= 4 is 0 Å². The lowest BCUT2D eigenvalue weighted by Gasteiger charge is -2.27. The smallest absolute Gasteiger partial charge is 0.391 e. The van der Waals surface area contributed by atoms with Crippen LogP contribution < -0.4 is 0 Å². The van der Waals surface area contributed by atoms with Gasteiger partial charge in [-0.15, -0.1) is 0 Å². The maximum absolute atomic E-state index is 13.0. The summed E-state index contributed by atoms with van der Waals surface area (Å²) in [5, 5.41) is 10.2. The van der Waals surface area contributed by atoms with Crippen molar-refractivity contribution in [2.45, 2.75) is 31.7 Å². The quantitative estimate of drug-likeness (QED) is 0.872. The van der Waals surface area contributed by atoms with E-state index in [-0.39, 0.29) is 24.6 Å². The van der Waals surface area contributed by atoms with Crippen LogP contribution in [0.2, 0.25) is 0 Å². The summed E-state index contributed by atoms with van der Waals surface area (Å²) in [5.41, 5.74) is 0.412. The van der Waals surface area contributed by atoms with Crippen molar-refractivity contribution in [3.63, 3.8) is 0 Å². The van der Waals surface area contributed by atoms with Crippen LogP contribution >= 0.6 is 0 Å². The summed E-state index contributed by atoms with van der Waals surface area (Å²) in [5.74, 6) is 0. The summed E-state index contributed by atoms with van der Waals surface area (Å²) >= 11 is 0. The van der Waals surface area contributed by atoms with Gasteiger partial charge in [-0.1, -0.05) is 24.3 Å². The van der Waals surface area contributed by atoms with E-state index in [1.807, 2.05) is 31.0 Å². The van der Waals surface area contributed by atoms with Gasteiger partial charge in [-0.2, -0.15) is 13.2 Å². The Morgan fingerprint density at radius 3 is 2.50 bits per heavy atom. The van der Waals surface area contributed by atoms with Crippen LogP contribution in [0.15, 0.2) is 48.8 Å². The average molecular weight is 338 g/mol. The highest BCUT2D eigenvalue weighted by Crippen LogP contribution is 2.32. The van der Waals surface area contributed by atoms with E-state index in [0.717, 1.165) is 11.6 Å². The number of halogens is 3. The van der Waals surface area contributed by atoms with Gasteiger partial charge in [0.15, 0.2) is 0 Å². The fraction of sp³-hybridized carbons (Fsp3) is 0.389. The highest BCUT2D eigenvalue weighted by atomic mass is 19.4. The normalized spacial score (nSPS) is 14.6. The highest BCUT2D eigenvalue weighted by molar-refractivity contribution is 5.30. The number of aromatic nitrogens is 1. The third-order valence-corrected chi connectivity index (χ3v) is 4.11. The number of hydrogen-bond acceptors (Lipinski definition) is 3. The molecule has 0 aliphatic rings. The van der Waals surface area contributed by atoms with Crippen molar-refractivity contribution in [3.05, 3.63) is 65.5 Å². The Balaban J connectivity index is 2.02. The largest absolute Gasteiger partial charge is 0.416 e. The molecule has 1 aromatic heterocycles. The topological polar surface area (TPSA) is 36.4 Å². The van der Waals surface area contributed by atoms with Crippen LogP contribution in [0, 0.1) is 0 Å². The molecular formula is C18H21F3N2O. The van der Waals surface area contributed by atoms with Crippen LogP contribution in [-0.4, -0.2) is 34.7 Å². The zero-order chi connectivity index (χ0) is 17.7. The minimum absolute atomic E-state index is 0.00575. The first kappa shape index (κ1) is 18.4. The Morgan fingerprint density at radius 1 is 1.17 bits per heavy atom. The first-order valence-electron chi connectivity index (χ1n) is 7.72. The molecule has 0 saturated carbocycles. The molecule has 0 aliphatic heterocycles. The van der Waals surface area contributed by atoms with Gasteiger partial charge < -0.3 is 5.11 Å². The number of rotatable bonds is 6. The summed E-state index contributed by atoms with van der Waals surface area (Å²) < 4.78 is 39.0. The van der Waals surface area contributed by atoms with Gasteiger partial charge in [0.1, 0.15) is 0 Å². The second-order valence-corrected chi connectivity index (χ2v) is 5.91. The third kappa shape index (κ3) is 4.79. The molecule has 0 bridgehead atoms. The van der Waals surface area contributed by atoms with Crippen molar-refractivity contribution in [2.24, 2.45) is 0 Å². The van der Waals surface area contributed by atoms with Crippen molar-refractivity contribution in [3.8, 4) is 0 Å². The fourth-order valence-corrected chi connectivity index (χ4v) is 2.66. The number of aliphatic hydroxyl groups is 1. The SMILES string of the molecule is CC(c1cccnc1)N(C)CC(O)Cc1ccccc1C(F)(F)F.